The van der Waals surface area contributed by atoms with Crippen LogP contribution in [0.2, 0.25) is 0 Å². The molecule has 1 aliphatic heterocycles. The summed E-state index contributed by atoms with van der Waals surface area (Å²) >= 11 is 0. The van der Waals surface area contributed by atoms with Crippen LogP contribution >= 0.6 is 0 Å². The van der Waals surface area contributed by atoms with Crippen molar-refractivity contribution < 1.29 is 9.47 Å². The van der Waals surface area contributed by atoms with Gasteiger partial charge in [-0.3, -0.25) is 0 Å². The van der Waals surface area contributed by atoms with Crippen LogP contribution < -0.4 is 0 Å². The third-order valence-corrected chi connectivity index (χ3v) is 7.19. The van der Waals surface area contributed by atoms with E-state index in [1.54, 1.807) is 0 Å². The van der Waals surface area contributed by atoms with Crippen LogP contribution in [0.25, 0.3) is 0 Å². The molecule has 1 saturated heterocycles. The van der Waals surface area contributed by atoms with Gasteiger partial charge < -0.3 is 9.47 Å². The number of hydrogen-bond acceptors (Lipinski definition) is 2. The van der Waals surface area contributed by atoms with Crippen molar-refractivity contribution in [3.63, 3.8) is 0 Å². The van der Waals surface area contributed by atoms with Crippen molar-refractivity contribution in [2.24, 2.45) is 41.4 Å². The summed E-state index contributed by atoms with van der Waals surface area (Å²) in [6, 6.07) is 0. The molecule has 0 aromatic heterocycles. The highest BCUT2D eigenvalue weighted by Gasteiger charge is 2.60. The maximum atomic E-state index is 5.88. The van der Waals surface area contributed by atoms with E-state index >= 15 is 0 Å². The molecule has 5 rings (SSSR count). The van der Waals surface area contributed by atoms with Gasteiger partial charge in [-0.1, -0.05) is 24.0 Å². The number of epoxide rings is 1. The van der Waals surface area contributed by atoms with Crippen LogP contribution in [-0.2, 0) is 9.47 Å². The molecule has 1 heterocycles. The first-order valence-electron chi connectivity index (χ1n) is 9.54. The Bertz CT molecular complexity index is 576. The van der Waals surface area contributed by atoms with Crippen LogP contribution in [0, 0.1) is 53.3 Å². The van der Waals surface area contributed by atoms with Gasteiger partial charge in [0.05, 0.1) is 13.2 Å². The zero-order chi connectivity index (χ0) is 15.6. The molecular formula is C21H28O2. The molecule has 124 valence electrons. The van der Waals surface area contributed by atoms with Crippen LogP contribution in [0.4, 0.5) is 0 Å². The zero-order valence-corrected chi connectivity index (χ0v) is 14.3. The molecule has 4 fully saturated rings. The molecule has 0 aromatic rings. The fraction of sp³-hybridized carbons (Fsp3) is 0.810. The molecule has 2 nitrogen and oxygen atoms in total. The summed E-state index contributed by atoms with van der Waals surface area (Å²) in [5.41, 5.74) is -0.332. The van der Waals surface area contributed by atoms with Crippen molar-refractivity contribution in [1.82, 2.24) is 0 Å². The molecule has 0 spiro atoms. The van der Waals surface area contributed by atoms with Crippen molar-refractivity contribution in [2.75, 3.05) is 13.2 Å². The lowest BCUT2D eigenvalue weighted by atomic mass is 9.69. The molecule has 0 aromatic carbocycles. The van der Waals surface area contributed by atoms with Gasteiger partial charge in [-0.15, -0.1) is 0 Å². The molecule has 0 N–H and O–H groups in total. The summed E-state index contributed by atoms with van der Waals surface area (Å²) in [6.45, 7) is 5.71. The van der Waals surface area contributed by atoms with Gasteiger partial charge in [-0.05, 0) is 74.5 Å². The summed E-state index contributed by atoms with van der Waals surface area (Å²) < 4.78 is 11.1. The third kappa shape index (κ3) is 2.48. The van der Waals surface area contributed by atoms with E-state index in [9.17, 15) is 0 Å². The van der Waals surface area contributed by atoms with Gasteiger partial charge >= 0.3 is 0 Å². The third-order valence-electron chi connectivity index (χ3n) is 7.19. The van der Waals surface area contributed by atoms with Crippen LogP contribution in [0.3, 0.4) is 0 Å². The van der Waals surface area contributed by atoms with Crippen molar-refractivity contribution in [3.8, 4) is 11.8 Å². The second-order valence-electron chi connectivity index (χ2n) is 9.04. The number of allylic oxidation sites excluding steroid dienone is 2. The number of fused-ring (bicyclic) bond motifs is 9. The predicted molar refractivity (Wildman–Crippen MR) is 89.6 cm³/mol. The highest BCUT2D eigenvalue weighted by molar-refractivity contribution is 5.21. The van der Waals surface area contributed by atoms with E-state index in [0.717, 1.165) is 54.5 Å². The Labute approximate surface area is 140 Å². The molecular weight excluding hydrogens is 284 g/mol. The standard InChI is InChI=1S/C21H28O2/c1-21(2,23-12-17-11-22-17)7-3-4-13-8-16-10-18(13)20-15-6-5-14(9-15)19(16)20/h5-6,13-20H,4,8-12H2,1-2H3/t13-,14+,15+,16+,17+,18-,19-,20+/m1/s1. The Hall–Kier alpha value is -0.780. The SMILES string of the molecule is CC(C)(C#CC[C@@H]1C[C@H]2C[C@H]1[C@H]1[C@@H]2[C@H]2C=C[C@H]1C2)OC[C@@H]1CO1. The minimum absolute atomic E-state index is 0.324. The average Bonchev–Trinajstić information content (AvgIpc) is 2.92. The van der Waals surface area contributed by atoms with Crippen LogP contribution in [0.1, 0.15) is 39.5 Å². The Kier molecular flexibility index (Phi) is 3.23. The largest absolute Gasteiger partial charge is 0.371 e. The normalized spacial score (nSPS) is 48.4. The molecule has 0 unspecified atom stereocenters. The van der Waals surface area contributed by atoms with Crippen LogP contribution in [0.5, 0.6) is 0 Å². The van der Waals surface area contributed by atoms with E-state index in [1.807, 2.05) is 0 Å². The highest BCUT2D eigenvalue weighted by atomic mass is 16.6. The summed E-state index contributed by atoms with van der Waals surface area (Å²) in [4.78, 5) is 0. The van der Waals surface area contributed by atoms with E-state index in [4.69, 9.17) is 9.47 Å². The Balaban J connectivity index is 1.20. The minimum atomic E-state index is -0.332. The summed E-state index contributed by atoms with van der Waals surface area (Å²) in [7, 11) is 0. The van der Waals surface area contributed by atoms with Gasteiger partial charge in [0.25, 0.3) is 0 Å². The molecule has 2 heteroatoms. The summed E-state index contributed by atoms with van der Waals surface area (Å²) in [5, 5.41) is 0. The van der Waals surface area contributed by atoms with Gasteiger partial charge in [0.1, 0.15) is 11.7 Å². The van der Waals surface area contributed by atoms with Crippen molar-refractivity contribution in [3.05, 3.63) is 12.2 Å². The lowest BCUT2D eigenvalue weighted by Gasteiger charge is -2.36. The summed E-state index contributed by atoms with van der Waals surface area (Å²) in [6.07, 6.45) is 10.9. The molecule has 0 amide bonds. The van der Waals surface area contributed by atoms with Crippen LogP contribution in [0.15, 0.2) is 12.2 Å². The molecule has 23 heavy (non-hydrogen) atoms. The number of hydrogen-bond donors (Lipinski definition) is 0. The molecule has 0 radical (unpaired) electrons. The van der Waals surface area contributed by atoms with E-state index in [2.05, 4.69) is 37.8 Å². The minimum Gasteiger partial charge on any atom is -0.371 e. The topological polar surface area (TPSA) is 21.8 Å². The number of ether oxygens (including phenoxy) is 2. The van der Waals surface area contributed by atoms with E-state index in [1.165, 1.54) is 19.3 Å². The van der Waals surface area contributed by atoms with Gasteiger partial charge in [-0.25, -0.2) is 0 Å². The first-order valence-corrected chi connectivity index (χ1v) is 9.54. The van der Waals surface area contributed by atoms with E-state index in [0.29, 0.717) is 12.7 Å². The smallest absolute Gasteiger partial charge is 0.123 e. The maximum Gasteiger partial charge on any atom is 0.123 e. The summed E-state index contributed by atoms with van der Waals surface area (Å²) in [5.74, 6) is 13.6. The highest BCUT2D eigenvalue weighted by Crippen LogP contribution is 2.67. The predicted octanol–water partition coefficient (Wildman–Crippen LogP) is 3.67. The van der Waals surface area contributed by atoms with Crippen molar-refractivity contribution in [1.29, 1.82) is 0 Å². The maximum absolute atomic E-state index is 5.88. The lowest BCUT2D eigenvalue weighted by molar-refractivity contribution is 0.0177. The lowest BCUT2D eigenvalue weighted by Crippen LogP contribution is -2.31. The Morgan fingerprint density at radius 2 is 1.91 bits per heavy atom. The van der Waals surface area contributed by atoms with Crippen molar-refractivity contribution in [2.45, 2.75) is 51.2 Å². The van der Waals surface area contributed by atoms with E-state index in [-0.39, 0.29) is 5.60 Å². The second kappa shape index (κ2) is 5.11. The van der Waals surface area contributed by atoms with Gasteiger partial charge in [0.15, 0.2) is 0 Å². The zero-order valence-electron chi connectivity index (χ0n) is 14.3. The van der Waals surface area contributed by atoms with Gasteiger partial charge in [-0.2, -0.15) is 0 Å². The van der Waals surface area contributed by atoms with Crippen molar-refractivity contribution >= 4 is 0 Å². The first kappa shape index (κ1) is 14.6. The molecule has 4 bridgehead atoms. The number of rotatable bonds is 4. The first-order chi connectivity index (χ1) is 11.1. The molecule has 5 aliphatic rings. The Morgan fingerprint density at radius 1 is 1.13 bits per heavy atom. The fourth-order valence-corrected chi connectivity index (χ4v) is 6.28. The molecule has 8 atom stereocenters. The fourth-order valence-electron chi connectivity index (χ4n) is 6.28. The molecule has 3 saturated carbocycles. The Morgan fingerprint density at radius 3 is 2.70 bits per heavy atom. The van der Waals surface area contributed by atoms with Crippen LogP contribution in [-0.4, -0.2) is 24.9 Å². The second-order valence-corrected chi connectivity index (χ2v) is 9.04. The van der Waals surface area contributed by atoms with Gasteiger partial charge in [0.2, 0.25) is 0 Å². The van der Waals surface area contributed by atoms with Gasteiger partial charge in [0, 0.05) is 6.42 Å². The quantitative estimate of drug-likeness (QED) is 0.342. The monoisotopic (exact) mass is 312 g/mol. The average molecular weight is 312 g/mol. The van der Waals surface area contributed by atoms with E-state index < -0.39 is 0 Å². The molecule has 4 aliphatic carbocycles.